The minimum Gasteiger partial charge on any atom is -0.403 e. The van der Waals surface area contributed by atoms with Gasteiger partial charge in [-0.05, 0) is 85.3 Å². The van der Waals surface area contributed by atoms with E-state index in [0.717, 1.165) is 0 Å². The Balaban J connectivity index is 1.60. The molecular formula is C19H34B2O4. The van der Waals surface area contributed by atoms with E-state index in [4.69, 9.17) is 18.6 Å². The first kappa shape index (κ1) is 18.3. The van der Waals surface area contributed by atoms with Gasteiger partial charge < -0.3 is 18.6 Å². The zero-order valence-electron chi connectivity index (χ0n) is 17.2. The van der Waals surface area contributed by atoms with Gasteiger partial charge in [0.1, 0.15) is 0 Å². The third-order valence-corrected chi connectivity index (χ3v) is 8.22. The molecule has 140 valence electrons. The van der Waals surface area contributed by atoms with Gasteiger partial charge >= 0.3 is 14.2 Å². The van der Waals surface area contributed by atoms with Crippen LogP contribution in [0.15, 0.2) is 0 Å². The third kappa shape index (κ3) is 2.58. The fraction of sp³-hybridized carbons (Fsp3) is 1.00. The molecule has 2 heterocycles. The topological polar surface area (TPSA) is 36.9 Å². The molecule has 25 heavy (non-hydrogen) atoms. The monoisotopic (exact) mass is 348 g/mol. The number of fused-ring (bicyclic) bond motifs is 2. The van der Waals surface area contributed by atoms with Crippen molar-refractivity contribution < 1.29 is 18.6 Å². The van der Waals surface area contributed by atoms with E-state index in [-0.39, 0.29) is 36.6 Å². The van der Waals surface area contributed by atoms with Crippen molar-refractivity contribution in [2.75, 3.05) is 0 Å². The summed E-state index contributed by atoms with van der Waals surface area (Å²) in [5.74, 6) is 2.08. The summed E-state index contributed by atoms with van der Waals surface area (Å²) in [6, 6.07) is 0. The predicted octanol–water partition coefficient (Wildman–Crippen LogP) is 4.34. The second-order valence-electron chi connectivity index (χ2n) is 10.7. The van der Waals surface area contributed by atoms with Crippen LogP contribution in [0.1, 0.15) is 74.7 Å². The molecule has 0 N–H and O–H groups in total. The third-order valence-electron chi connectivity index (χ3n) is 8.22. The molecule has 0 aromatic heterocycles. The van der Waals surface area contributed by atoms with Crippen molar-refractivity contribution >= 4 is 14.2 Å². The van der Waals surface area contributed by atoms with Crippen LogP contribution >= 0.6 is 0 Å². The van der Waals surface area contributed by atoms with Gasteiger partial charge in [-0.25, -0.2) is 0 Å². The quantitative estimate of drug-likeness (QED) is 0.696. The second-order valence-corrected chi connectivity index (χ2v) is 10.7. The van der Waals surface area contributed by atoms with Crippen LogP contribution in [-0.2, 0) is 18.6 Å². The normalized spacial score (nSPS) is 43.2. The minimum atomic E-state index is -0.278. The van der Waals surface area contributed by atoms with Crippen LogP contribution < -0.4 is 0 Å². The van der Waals surface area contributed by atoms with Crippen molar-refractivity contribution in [1.29, 1.82) is 0 Å². The molecule has 2 aliphatic heterocycles. The van der Waals surface area contributed by atoms with Crippen molar-refractivity contribution in [3.8, 4) is 0 Å². The largest absolute Gasteiger partial charge is 0.461 e. The van der Waals surface area contributed by atoms with Crippen molar-refractivity contribution in [3.63, 3.8) is 0 Å². The van der Waals surface area contributed by atoms with Crippen LogP contribution in [-0.4, -0.2) is 36.6 Å². The van der Waals surface area contributed by atoms with Gasteiger partial charge in [-0.3, -0.25) is 0 Å². The molecule has 4 unspecified atom stereocenters. The first-order valence-corrected chi connectivity index (χ1v) is 10.1. The van der Waals surface area contributed by atoms with Crippen molar-refractivity contribution in [3.05, 3.63) is 0 Å². The number of rotatable bonds is 2. The van der Waals surface area contributed by atoms with Crippen LogP contribution in [0.25, 0.3) is 0 Å². The van der Waals surface area contributed by atoms with E-state index >= 15 is 0 Å². The van der Waals surface area contributed by atoms with E-state index in [1.54, 1.807) is 0 Å². The standard InChI is InChI=1S/C19H34B2O4/c1-16(2)17(3,4)23-20(22-16)14-12-9-10-13(11-12)15(14)21-24-18(5,6)19(7,8)25-21/h12-15H,9-11H2,1-8H3. The highest BCUT2D eigenvalue weighted by atomic mass is 16.7. The van der Waals surface area contributed by atoms with Gasteiger partial charge in [-0.1, -0.05) is 12.8 Å². The molecule has 2 saturated heterocycles. The summed E-state index contributed by atoms with van der Waals surface area (Å²) in [5.41, 5.74) is -1.11. The SMILES string of the molecule is CC1(C)OB(C2C3CCC(C3)C2B2OC(C)(C)C(C)(C)O2)OC1(C)C. The molecule has 4 fully saturated rings. The first-order chi connectivity index (χ1) is 11.3. The van der Waals surface area contributed by atoms with Gasteiger partial charge in [0, 0.05) is 0 Å². The van der Waals surface area contributed by atoms with E-state index in [0.29, 0.717) is 23.5 Å². The van der Waals surface area contributed by atoms with Crippen molar-refractivity contribution in [2.45, 2.75) is 109 Å². The molecule has 4 nitrogen and oxygen atoms in total. The van der Waals surface area contributed by atoms with Crippen molar-refractivity contribution in [2.24, 2.45) is 11.8 Å². The van der Waals surface area contributed by atoms with Crippen molar-refractivity contribution in [1.82, 2.24) is 0 Å². The lowest BCUT2D eigenvalue weighted by molar-refractivity contribution is 0.00578. The van der Waals surface area contributed by atoms with Gasteiger partial charge in [0.2, 0.25) is 0 Å². The van der Waals surface area contributed by atoms with E-state index in [1.807, 2.05) is 0 Å². The summed E-state index contributed by atoms with van der Waals surface area (Å²) in [6.07, 6.45) is 3.84. The molecule has 4 atom stereocenters. The maximum absolute atomic E-state index is 6.46. The molecule has 0 spiro atoms. The molecular weight excluding hydrogens is 314 g/mol. The number of hydrogen-bond acceptors (Lipinski definition) is 4. The predicted molar refractivity (Wildman–Crippen MR) is 100 cm³/mol. The molecule has 2 bridgehead atoms. The van der Waals surface area contributed by atoms with Crippen LogP contribution in [0.3, 0.4) is 0 Å². The second kappa shape index (κ2) is 5.27. The average molecular weight is 348 g/mol. The molecule has 0 aromatic carbocycles. The van der Waals surface area contributed by atoms with E-state index in [1.165, 1.54) is 19.3 Å². The van der Waals surface area contributed by atoms with Gasteiger partial charge in [0.25, 0.3) is 0 Å². The highest BCUT2D eigenvalue weighted by Gasteiger charge is 2.66. The Morgan fingerprint density at radius 1 is 0.560 bits per heavy atom. The molecule has 0 aromatic rings. The molecule has 4 rings (SSSR count). The highest BCUT2D eigenvalue weighted by Crippen LogP contribution is 2.64. The Labute approximate surface area is 154 Å². The highest BCUT2D eigenvalue weighted by molar-refractivity contribution is 6.55. The lowest BCUT2D eigenvalue weighted by Crippen LogP contribution is -2.41. The van der Waals surface area contributed by atoms with Crippen LogP contribution in [0.4, 0.5) is 0 Å². The lowest BCUT2D eigenvalue weighted by Gasteiger charge is -2.33. The maximum Gasteiger partial charge on any atom is 0.461 e. The van der Waals surface area contributed by atoms with Gasteiger partial charge in [0.15, 0.2) is 0 Å². The Bertz CT molecular complexity index is 480. The van der Waals surface area contributed by atoms with E-state index < -0.39 is 0 Å². The molecule has 2 aliphatic carbocycles. The zero-order chi connectivity index (χ0) is 18.4. The zero-order valence-corrected chi connectivity index (χ0v) is 17.2. The number of hydrogen-bond donors (Lipinski definition) is 0. The average Bonchev–Trinajstić information content (AvgIpc) is 3.12. The fourth-order valence-electron chi connectivity index (χ4n) is 5.28. The van der Waals surface area contributed by atoms with E-state index in [9.17, 15) is 0 Å². The molecule has 2 saturated carbocycles. The van der Waals surface area contributed by atoms with Crippen LogP contribution in [0, 0.1) is 11.8 Å². The smallest absolute Gasteiger partial charge is 0.403 e. The fourth-order valence-corrected chi connectivity index (χ4v) is 5.28. The Kier molecular flexibility index (Phi) is 3.87. The Hall–Kier alpha value is -0.0301. The van der Waals surface area contributed by atoms with Crippen LogP contribution in [0.2, 0.25) is 11.6 Å². The lowest BCUT2D eigenvalue weighted by atomic mass is 9.48. The van der Waals surface area contributed by atoms with Gasteiger partial charge in [-0.15, -0.1) is 0 Å². The summed E-state index contributed by atoms with van der Waals surface area (Å²) in [4.78, 5) is 0. The summed E-state index contributed by atoms with van der Waals surface area (Å²) in [5, 5.41) is 0. The Morgan fingerprint density at radius 3 is 1.12 bits per heavy atom. The summed E-state index contributed by atoms with van der Waals surface area (Å²) < 4.78 is 25.8. The molecule has 6 heteroatoms. The summed E-state index contributed by atoms with van der Waals surface area (Å²) in [7, 11) is -0.298. The molecule has 0 radical (unpaired) electrons. The Morgan fingerprint density at radius 2 is 0.840 bits per heavy atom. The summed E-state index contributed by atoms with van der Waals surface area (Å²) >= 11 is 0. The first-order valence-electron chi connectivity index (χ1n) is 10.1. The minimum absolute atomic E-state index is 0.149. The molecule has 0 amide bonds. The molecule has 4 aliphatic rings. The van der Waals surface area contributed by atoms with Gasteiger partial charge in [0.05, 0.1) is 22.4 Å². The van der Waals surface area contributed by atoms with Gasteiger partial charge in [-0.2, -0.15) is 0 Å². The maximum atomic E-state index is 6.46. The van der Waals surface area contributed by atoms with Crippen LogP contribution in [0.5, 0.6) is 0 Å². The van der Waals surface area contributed by atoms with E-state index in [2.05, 4.69) is 55.4 Å². The summed E-state index contributed by atoms with van der Waals surface area (Å²) in [6.45, 7) is 17.1.